The summed E-state index contributed by atoms with van der Waals surface area (Å²) in [5.41, 5.74) is 0. The number of nitrogens with zero attached hydrogens (tertiary/aromatic N) is 1. The van der Waals surface area contributed by atoms with Gasteiger partial charge in [-0.2, -0.15) is 5.26 Å². The molecule has 0 bridgehead atoms. The van der Waals surface area contributed by atoms with Crippen molar-refractivity contribution in [1.29, 1.82) is 5.26 Å². The topological polar surface area (TPSA) is 23.8 Å². The van der Waals surface area contributed by atoms with Crippen LogP contribution in [0.15, 0.2) is 0 Å². The lowest BCUT2D eigenvalue weighted by Crippen LogP contribution is -2.02. The van der Waals surface area contributed by atoms with Gasteiger partial charge in [-0.15, -0.1) is 23.2 Å². The van der Waals surface area contributed by atoms with E-state index in [-0.39, 0.29) is 19.9 Å². The third-order valence-corrected chi connectivity index (χ3v) is 3.84. The molecule has 0 saturated heterocycles. The monoisotopic (exact) mass is 195 g/mol. The molecule has 0 aromatic heterocycles. The third-order valence-electron chi connectivity index (χ3n) is 1.28. The van der Waals surface area contributed by atoms with Crippen LogP contribution in [0.2, 0.25) is 6.04 Å². The summed E-state index contributed by atoms with van der Waals surface area (Å²) in [5.74, 6) is 0.166. The summed E-state index contributed by atoms with van der Waals surface area (Å²) in [7, 11) is -0.326. The molecule has 1 atom stereocenters. The van der Waals surface area contributed by atoms with Gasteiger partial charge in [-0.3, -0.25) is 0 Å². The van der Waals surface area contributed by atoms with E-state index < -0.39 is 0 Å². The number of hydrogen-bond acceptors (Lipinski definition) is 1. The average Bonchev–Trinajstić information content (AvgIpc) is 1.87. The van der Waals surface area contributed by atoms with Crippen LogP contribution in [-0.2, 0) is 0 Å². The second kappa shape index (κ2) is 6.03. The lowest BCUT2D eigenvalue weighted by Gasteiger charge is -2.00. The molecule has 10 heavy (non-hydrogen) atoms. The van der Waals surface area contributed by atoms with Crippen molar-refractivity contribution < 1.29 is 0 Å². The quantitative estimate of drug-likeness (QED) is 0.497. The normalized spacial score (nSPS) is 14.3. The van der Waals surface area contributed by atoms with Gasteiger partial charge >= 0.3 is 0 Å². The highest BCUT2D eigenvalue weighted by atomic mass is 35.5. The van der Waals surface area contributed by atoms with Crippen molar-refractivity contribution in [3.8, 4) is 6.07 Å². The van der Waals surface area contributed by atoms with E-state index in [4.69, 9.17) is 28.5 Å². The van der Waals surface area contributed by atoms with Gasteiger partial charge in [-0.05, 0) is 13.3 Å². The molecule has 4 heteroatoms. The van der Waals surface area contributed by atoms with Crippen molar-refractivity contribution in [1.82, 2.24) is 0 Å². The average molecular weight is 196 g/mol. The zero-order valence-corrected chi connectivity index (χ0v) is 8.91. The highest BCUT2D eigenvalue weighted by molar-refractivity contribution is 6.68. The van der Waals surface area contributed by atoms with Crippen molar-refractivity contribution in [2.24, 2.45) is 5.92 Å². The molecule has 0 heterocycles. The molecule has 0 fully saturated rings. The Balaban J connectivity index is 3.13. The lowest BCUT2D eigenvalue weighted by molar-refractivity contribution is 0.710. The number of halogens is 2. The second-order valence-electron chi connectivity index (χ2n) is 2.35. The molecule has 0 spiro atoms. The first-order valence-corrected chi connectivity index (χ1v) is 6.03. The Morgan fingerprint density at radius 2 is 2.20 bits per heavy atom. The fraction of sp³-hybridized carbons (Fsp3) is 0.833. The maximum atomic E-state index is 8.40. The molecule has 58 valence electrons. The van der Waals surface area contributed by atoms with E-state index in [1.165, 1.54) is 0 Å². The van der Waals surface area contributed by atoms with E-state index in [0.717, 1.165) is 12.5 Å². The van der Waals surface area contributed by atoms with Gasteiger partial charge < -0.3 is 0 Å². The summed E-state index contributed by atoms with van der Waals surface area (Å²) in [6, 6.07) is 3.25. The standard InChI is InChI=1S/C6H11Cl2NSi/c1-5(4-9)2-3-10-6(7)8/h5-6H,2-3,10H2,1H3. The summed E-state index contributed by atoms with van der Waals surface area (Å²) in [6.07, 6.45) is 0.957. The maximum Gasteiger partial charge on any atom is 0.0908 e. The predicted octanol–water partition coefficient (Wildman–Crippen LogP) is 1.88. The van der Waals surface area contributed by atoms with Gasteiger partial charge in [0.05, 0.1) is 20.0 Å². The number of rotatable bonds is 4. The fourth-order valence-electron chi connectivity index (χ4n) is 0.643. The predicted molar refractivity (Wildman–Crippen MR) is 48.2 cm³/mol. The highest BCUT2D eigenvalue weighted by Crippen LogP contribution is 2.08. The number of nitriles is 1. The summed E-state index contributed by atoms with van der Waals surface area (Å²) in [5, 5.41) is 8.40. The Morgan fingerprint density at radius 1 is 1.60 bits per heavy atom. The van der Waals surface area contributed by atoms with Gasteiger partial charge in [-0.25, -0.2) is 0 Å². The van der Waals surface area contributed by atoms with Crippen LogP contribution in [0, 0.1) is 17.2 Å². The summed E-state index contributed by atoms with van der Waals surface area (Å²) < 4.78 is -0.133. The zero-order valence-electron chi connectivity index (χ0n) is 5.98. The molecule has 0 aromatic rings. The minimum absolute atomic E-state index is 0.133. The van der Waals surface area contributed by atoms with Crippen LogP contribution in [0.25, 0.3) is 0 Å². The highest BCUT2D eigenvalue weighted by Gasteiger charge is 2.02. The van der Waals surface area contributed by atoms with E-state index in [2.05, 4.69) is 6.07 Å². The number of hydrogen-bond donors (Lipinski definition) is 0. The van der Waals surface area contributed by atoms with Gasteiger partial charge in [0.2, 0.25) is 0 Å². The summed E-state index contributed by atoms with van der Waals surface area (Å²) in [6.45, 7) is 1.92. The van der Waals surface area contributed by atoms with Crippen LogP contribution in [-0.4, -0.2) is 14.0 Å². The smallest absolute Gasteiger partial charge is 0.0908 e. The van der Waals surface area contributed by atoms with Crippen LogP contribution in [0.3, 0.4) is 0 Å². The van der Waals surface area contributed by atoms with Crippen LogP contribution in [0.1, 0.15) is 13.3 Å². The first kappa shape index (κ1) is 10.3. The second-order valence-corrected chi connectivity index (χ2v) is 6.77. The van der Waals surface area contributed by atoms with Gasteiger partial charge in [-0.1, -0.05) is 6.04 Å². The van der Waals surface area contributed by atoms with Gasteiger partial charge in [0.25, 0.3) is 0 Å². The summed E-state index contributed by atoms with van der Waals surface area (Å²) in [4.78, 5) is 0. The molecule has 1 nitrogen and oxygen atoms in total. The lowest BCUT2D eigenvalue weighted by atomic mass is 10.1. The first-order valence-electron chi connectivity index (χ1n) is 3.34. The van der Waals surface area contributed by atoms with Gasteiger partial charge in [0, 0.05) is 5.92 Å². The Kier molecular flexibility index (Phi) is 6.20. The van der Waals surface area contributed by atoms with Crippen molar-refractivity contribution in [2.75, 3.05) is 0 Å². The maximum absolute atomic E-state index is 8.40. The number of alkyl halides is 2. The minimum Gasteiger partial charge on any atom is -0.198 e. The van der Waals surface area contributed by atoms with Crippen LogP contribution < -0.4 is 0 Å². The molecular weight excluding hydrogens is 185 g/mol. The summed E-state index contributed by atoms with van der Waals surface area (Å²) >= 11 is 11.1. The first-order chi connectivity index (χ1) is 4.66. The molecule has 0 N–H and O–H groups in total. The molecular formula is C6H11Cl2NSi. The van der Waals surface area contributed by atoms with Crippen molar-refractivity contribution in [3.63, 3.8) is 0 Å². The molecule has 0 amide bonds. The third kappa shape index (κ3) is 6.41. The fourth-order valence-corrected chi connectivity index (χ4v) is 2.73. The van der Waals surface area contributed by atoms with Crippen molar-refractivity contribution >= 4 is 32.7 Å². The van der Waals surface area contributed by atoms with E-state index >= 15 is 0 Å². The molecule has 0 rings (SSSR count). The zero-order chi connectivity index (χ0) is 7.98. The van der Waals surface area contributed by atoms with E-state index in [1.807, 2.05) is 6.92 Å². The Hall–Kier alpha value is 0.287. The van der Waals surface area contributed by atoms with Crippen LogP contribution >= 0.6 is 23.2 Å². The van der Waals surface area contributed by atoms with E-state index in [0.29, 0.717) is 0 Å². The molecule has 0 aliphatic carbocycles. The molecule has 0 aliphatic heterocycles. The van der Waals surface area contributed by atoms with Crippen LogP contribution in [0.5, 0.6) is 0 Å². The van der Waals surface area contributed by atoms with Crippen molar-refractivity contribution in [2.45, 2.75) is 23.8 Å². The molecule has 0 radical (unpaired) electrons. The molecule has 0 aliphatic rings. The SMILES string of the molecule is CC(C#N)CC[SiH2]C(Cl)Cl. The molecule has 1 unspecified atom stereocenters. The minimum atomic E-state index is -0.326. The molecule has 0 saturated carbocycles. The van der Waals surface area contributed by atoms with Gasteiger partial charge in [0.15, 0.2) is 0 Å². The van der Waals surface area contributed by atoms with Gasteiger partial charge in [0.1, 0.15) is 0 Å². The van der Waals surface area contributed by atoms with E-state index in [1.54, 1.807) is 0 Å². The Bertz CT molecular complexity index is 121. The Morgan fingerprint density at radius 3 is 2.60 bits per heavy atom. The largest absolute Gasteiger partial charge is 0.198 e. The molecule has 0 aromatic carbocycles. The Labute approximate surface area is 74.1 Å². The van der Waals surface area contributed by atoms with Crippen molar-refractivity contribution in [3.05, 3.63) is 0 Å². The van der Waals surface area contributed by atoms with Crippen LogP contribution in [0.4, 0.5) is 0 Å². The van der Waals surface area contributed by atoms with E-state index in [9.17, 15) is 0 Å².